The van der Waals surface area contributed by atoms with Crippen molar-refractivity contribution >= 4 is 5.97 Å². The average molecular weight is 152 g/mol. The third-order valence-electron chi connectivity index (χ3n) is 2.45. The van der Waals surface area contributed by atoms with Gasteiger partial charge in [0, 0.05) is 6.42 Å². The first kappa shape index (κ1) is 8.13. The summed E-state index contributed by atoms with van der Waals surface area (Å²) in [6.45, 7) is 0. The molecule has 1 aliphatic carbocycles. The maximum atomic E-state index is 10.8. The van der Waals surface area contributed by atoms with E-state index >= 15 is 0 Å². The normalized spacial score (nSPS) is 21.0. The van der Waals surface area contributed by atoms with Crippen molar-refractivity contribution in [2.75, 3.05) is 0 Å². The van der Waals surface area contributed by atoms with Crippen LogP contribution in [0.2, 0.25) is 0 Å². The molecule has 0 bridgehead atoms. The summed E-state index contributed by atoms with van der Waals surface area (Å²) >= 11 is 0. The van der Waals surface area contributed by atoms with Crippen molar-refractivity contribution in [1.82, 2.24) is 0 Å². The lowest BCUT2D eigenvalue weighted by atomic mass is 9.83. The zero-order valence-corrected chi connectivity index (χ0v) is 6.47. The molecule has 0 aromatic carbocycles. The highest BCUT2D eigenvalue weighted by molar-refractivity contribution is 5.75. The molecule has 1 N–H and O–H groups in total. The molecule has 1 rings (SSSR count). The van der Waals surface area contributed by atoms with E-state index in [1.54, 1.807) is 0 Å². The number of aliphatic carboxylic acids is 1. The van der Waals surface area contributed by atoms with Gasteiger partial charge in [-0.15, -0.1) is 12.3 Å². The minimum Gasteiger partial charge on any atom is -0.481 e. The maximum absolute atomic E-state index is 10.8. The first-order valence-electron chi connectivity index (χ1n) is 3.88. The van der Waals surface area contributed by atoms with E-state index in [-0.39, 0.29) is 0 Å². The second kappa shape index (κ2) is 2.96. The van der Waals surface area contributed by atoms with Crippen molar-refractivity contribution in [3.05, 3.63) is 0 Å². The number of rotatable bonds is 2. The first-order chi connectivity index (χ1) is 5.21. The molecule has 11 heavy (non-hydrogen) atoms. The van der Waals surface area contributed by atoms with Crippen LogP contribution in [0.25, 0.3) is 0 Å². The summed E-state index contributed by atoms with van der Waals surface area (Å²) < 4.78 is 0. The number of hydrogen-bond acceptors (Lipinski definition) is 1. The van der Waals surface area contributed by atoms with Crippen molar-refractivity contribution in [2.24, 2.45) is 5.41 Å². The number of carboxylic acid groups (broad SMARTS) is 1. The number of terminal acetylenes is 1. The summed E-state index contributed by atoms with van der Waals surface area (Å²) in [5.74, 6) is 1.74. The van der Waals surface area contributed by atoms with Gasteiger partial charge in [0.15, 0.2) is 0 Å². The number of carbonyl (C=O) groups is 1. The molecular weight excluding hydrogens is 140 g/mol. The minimum atomic E-state index is -0.715. The highest BCUT2D eigenvalue weighted by Crippen LogP contribution is 2.40. The maximum Gasteiger partial charge on any atom is 0.310 e. The third kappa shape index (κ3) is 1.37. The van der Waals surface area contributed by atoms with Crippen LogP contribution < -0.4 is 0 Å². The molecule has 0 amide bonds. The molecule has 0 heterocycles. The second-order valence-corrected chi connectivity index (χ2v) is 3.17. The van der Waals surface area contributed by atoms with Gasteiger partial charge in [0.25, 0.3) is 0 Å². The third-order valence-corrected chi connectivity index (χ3v) is 2.45. The standard InChI is InChI=1S/C9H12O2/c1-2-5-9(8(10)11)6-3-4-7-9/h1H,3-7H2,(H,10,11). The Morgan fingerprint density at radius 2 is 2.09 bits per heavy atom. The van der Waals surface area contributed by atoms with E-state index in [0.717, 1.165) is 25.7 Å². The molecule has 0 aromatic rings. The first-order valence-corrected chi connectivity index (χ1v) is 3.88. The van der Waals surface area contributed by atoms with E-state index in [1.807, 2.05) is 0 Å². The molecule has 60 valence electrons. The number of carboxylic acids is 1. The Hall–Kier alpha value is -0.970. The Kier molecular flexibility index (Phi) is 2.19. The molecule has 0 unspecified atom stereocenters. The summed E-state index contributed by atoms with van der Waals surface area (Å²) in [7, 11) is 0. The molecule has 0 spiro atoms. The fraction of sp³-hybridized carbons (Fsp3) is 0.667. The quantitative estimate of drug-likeness (QED) is 0.611. The highest BCUT2D eigenvalue weighted by Gasteiger charge is 2.40. The summed E-state index contributed by atoms with van der Waals surface area (Å²) in [6.07, 6.45) is 9.04. The van der Waals surface area contributed by atoms with Gasteiger partial charge in [-0.1, -0.05) is 12.8 Å². The molecule has 2 nitrogen and oxygen atoms in total. The molecule has 2 heteroatoms. The van der Waals surface area contributed by atoms with Gasteiger partial charge >= 0.3 is 5.97 Å². The molecule has 0 radical (unpaired) electrons. The van der Waals surface area contributed by atoms with Gasteiger partial charge in [0.1, 0.15) is 0 Å². The van der Waals surface area contributed by atoms with Crippen LogP contribution in [0, 0.1) is 17.8 Å². The fourth-order valence-electron chi connectivity index (χ4n) is 1.71. The molecule has 0 atom stereocenters. The van der Waals surface area contributed by atoms with Crippen LogP contribution in [0.5, 0.6) is 0 Å². The molecule has 0 aromatic heterocycles. The predicted molar refractivity (Wildman–Crippen MR) is 42.0 cm³/mol. The average Bonchev–Trinajstić information content (AvgIpc) is 2.38. The van der Waals surface area contributed by atoms with Crippen LogP contribution in [0.15, 0.2) is 0 Å². The molecular formula is C9H12O2. The lowest BCUT2D eigenvalue weighted by molar-refractivity contribution is -0.148. The molecule has 1 aliphatic rings. The van der Waals surface area contributed by atoms with Crippen LogP contribution in [-0.2, 0) is 4.79 Å². The summed E-state index contributed by atoms with van der Waals surface area (Å²) in [5, 5.41) is 8.90. The SMILES string of the molecule is C#CCC1(C(=O)O)CCCC1. The summed E-state index contributed by atoms with van der Waals surface area (Å²) in [5.41, 5.74) is -0.575. The molecule has 1 fully saturated rings. The Bertz CT molecular complexity index is 194. The summed E-state index contributed by atoms with van der Waals surface area (Å²) in [6, 6.07) is 0. The Morgan fingerprint density at radius 3 is 2.45 bits per heavy atom. The molecule has 0 aliphatic heterocycles. The van der Waals surface area contributed by atoms with Crippen molar-refractivity contribution in [3.8, 4) is 12.3 Å². The van der Waals surface area contributed by atoms with Gasteiger partial charge in [-0.2, -0.15) is 0 Å². The van der Waals surface area contributed by atoms with E-state index < -0.39 is 11.4 Å². The van der Waals surface area contributed by atoms with Gasteiger partial charge < -0.3 is 5.11 Å². The van der Waals surface area contributed by atoms with Crippen molar-refractivity contribution in [1.29, 1.82) is 0 Å². The van der Waals surface area contributed by atoms with Gasteiger partial charge in [-0.05, 0) is 12.8 Å². The second-order valence-electron chi connectivity index (χ2n) is 3.17. The topological polar surface area (TPSA) is 37.3 Å². The lowest BCUT2D eigenvalue weighted by Crippen LogP contribution is -2.26. The predicted octanol–water partition coefficient (Wildman–Crippen LogP) is 1.65. The van der Waals surface area contributed by atoms with Crippen molar-refractivity contribution in [2.45, 2.75) is 32.1 Å². The van der Waals surface area contributed by atoms with E-state index in [4.69, 9.17) is 11.5 Å². The monoisotopic (exact) mass is 152 g/mol. The van der Waals surface area contributed by atoms with E-state index in [1.165, 1.54) is 0 Å². The zero-order valence-electron chi connectivity index (χ0n) is 6.47. The molecule has 1 saturated carbocycles. The van der Waals surface area contributed by atoms with Crippen molar-refractivity contribution in [3.63, 3.8) is 0 Å². The largest absolute Gasteiger partial charge is 0.481 e. The Balaban J connectivity index is 2.72. The van der Waals surface area contributed by atoms with Crippen LogP contribution in [-0.4, -0.2) is 11.1 Å². The van der Waals surface area contributed by atoms with Gasteiger partial charge in [0.2, 0.25) is 0 Å². The smallest absolute Gasteiger partial charge is 0.310 e. The van der Waals surface area contributed by atoms with Crippen LogP contribution in [0.1, 0.15) is 32.1 Å². The van der Waals surface area contributed by atoms with Crippen LogP contribution in [0.4, 0.5) is 0 Å². The van der Waals surface area contributed by atoms with Crippen molar-refractivity contribution < 1.29 is 9.90 Å². The van der Waals surface area contributed by atoms with Crippen LogP contribution in [0.3, 0.4) is 0 Å². The Labute approximate surface area is 66.6 Å². The van der Waals surface area contributed by atoms with Gasteiger partial charge in [-0.3, -0.25) is 4.79 Å². The number of hydrogen-bond donors (Lipinski definition) is 1. The highest BCUT2D eigenvalue weighted by atomic mass is 16.4. The zero-order chi connectivity index (χ0) is 8.32. The van der Waals surface area contributed by atoms with E-state index in [2.05, 4.69) is 5.92 Å². The van der Waals surface area contributed by atoms with E-state index in [0.29, 0.717) is 6.42 Å². The van der Waals surface area contributed by atoms with Gasteiger partial charge in [0.05, 0.1) is 5.41 Å². The van der Waals surface area contributed by atoms with Crippen LogP contribution >= 0.6 is 0 Å². The van der Waals surface area contributed by atoms with E-state index in [9.17, 15) is 4.79 Å². The minimum absolute atomic E-state index is 0.391. The fourth-order valence-corrected chi connectivity index (χ4v) is 1.71. The summed E-state index contributed by atoms with van der Waals surface area (Å²) in [4.78, 5) is 10.8. The van der Waals surface area contributed by atoms with Gasteiger partial charge in [-0.25, -0.2) is 0 Å². The lowest BCUT2D eigenvalue weighted by Gasteiger charge is -2.19. The Morgan fingerprint density at radius 1 is 1.55 bits per heavy atom. The molecule has 0 saturated heterocycles.